The van der Waals surface area contributed by atoms with Gasteiger partial charge in [0.1, 0.15) is 0 Å². The molecular weight excluding hydrogens is 381 g/mol. The van der Waals surface area contributed by atoms with E-state index in [0.29, 0.717) is 6.54 Å². The molecule has 0 radical (unpaired) electrons. The van der Waals surface area contributed by atoms with Crippen molar-refractivity contribution in [1.82, 2.24) is 5.32 Å². The van der Waals surface area contributed by atoms with Crippen molar-refractivity contribution in [2.75, 3.05) is 5.32 Å². The number of hydrogen-bond donors (Lipinski definition) is 2. The Bertz CT molecular complexity index is 862. The van der Waals surface area contributed by atoms with Crippen LogP contribution in [0, 0.1) is 5.92 Å². The van der Waals surface area contributed by atoms with Crippen LogP contribution in [-0.4, -0.2) is 11.8 Å². The molecule has 1 aliphatic rings. The molecule has 0 aromatic heterocycles. The number of nitrogens with one attached hydrogen (secondary N) is 2. The molecule has 4 nitrogen and oxygen atoms in total. The predicted molar refractivity (Wildman–Crippen MR) is 95.4 cm³/mol. The maximum Gasteiger partial charge on any atom is 0.418 e. The number of benzene rings is 2. The van der Waals surface area contributed by atoms with E-state index in [1.54, 1.807) is 12.1 Å². The predicted octanol–water partition coefficient (Wildman–Crippen LogP) is 4.64. The number of hydrogen-bond acceptors (Lipinski definition) is 2. The molecule has 0 bridgehead atoms. The zero-order valence-corrected chi connectivity index (χ0v) is 14.8. The van der Waals surface area contributed by atoms with E-state index in [1.165, 1.54) is 18.2 Å². The van der Waals surface area contributed by atoms with Gasteiger partial charge in [0.25, 0.3) is 5.91 Å². The molecule has 0 saturated heterocycles. The van der Waals surface area contributed by atoms with Crippen LogP contribution in [0.2, 0.25) is 5.02 Å². The van der Waals surface area contributed by atoms with Crippen LogP contribution in [0.25, 0.3) is 0 Å². The van der Waals surface area contributed by atoms with Crippen LogP contribution in [0.15, 0.2) is 42.5 Å². The fourth-order valence-corrected chi connectivity index (χ4v) is 2.68. The Kier molecular flexibility index (Phi) is 5.41. The lowest BCUT2D eigenvalue weighted by atomic mass is 10.1. The summed E-state index contributed by atoms with van der Waals surface area (Å²) in [6.45, 7) is 0.340. The molecule has 0 aliphatic heterocycles. The van der Waals surface area contributed by atoms with Crippen molar-refractivity contribution < 1.29 is 22.8 Å². The Labute approximate surface area is 158 Å². The third kappa shape index (κ3) is 5.01. The highest BCUT2D eigenvalue weighted by Gasteiger charge is 2.34. The largest absolute Gasteiger partial charge is 0.418 e. The van der Waals surface area contributed by atoms with Crippen molar-refractivity contribution in [3.63, 3.8) is 0 Å². The van der Waals surface area contributed by atoms with Gasteiger partial charge in [-0.25, -0.2) is 0 Å². The molecule has 0 atom stereocenters. The summed E-state index contributed by atoms with van der Waals surface area (Å²) in [7, 11) is 0. The molecule has 0 spiro atoms. The third-order valence-corrected chi connectivity index (χ3v) is 4.40. The number of amides is 2. The summed E-state index contributed by atoms with van der Waals surface area (Å²) in [5.41, 5.74) is -0.376. The fraction of sp³-hybridized carbons (Fsp3) is 0.263. The number of alkyl halides is 3. The van der Waals surface area contributed by atoms with Crippen molar-refractivity contribution >= 4 is 29.1 Å². The lowest BCUT2D eigenvalue weighted by molar-refractivity contribution is -0.137. The molecule has 0 heterocycles. The summed E-state index contributed by atoms with van der Waals surface area (Å²) in [5.74, 6) is -0.548. The van der Waals surface area contributed by atoms with E-state index in [-0.39, 0.29) is 28.1 Å². The van der Waals surface area contributed by atoms with E-state index in [9.17, 15) is 22.8 Å². The van der Waals surface area contributed by atoms with Crippen LogP contribution in [0.5, 0.6) is 0 Å². The van der Waals surface area contributed by atoms with E-state index >= 15 is 0 Å². The van der Waals surface area contributed by atoms with Gasteiger partial charge in [-0.15, -0.1) is 0 Å². The standard InChI is InChI=1S/C19H16ClF3N2O2/c20-14-7-8-16(15(9-14)19(21,22)23)25-18(27)13-3-1-11(2-4-13)10-24-17(26)12-5-6-12/h1-4,7-9,12H,5-6,10H2,(H,24,26)(H,25,27). The van der Waals surface area contributed by atoms with Crippen molar-refractivity contribution in [3.8, 4) is 0 Å². The van der Waals surface area contributed by atoms with E-state index < -0.39 is 17.6 Å². The quantitative estimate of drug-likeness (QED) is 0.773. The summed E-state index contributed by atoms with van der Waals surface area (Å²) < 4.78 is 39.3. The van der Waals surface area contributed by atoms with Crippen LogP contribution >= 0.6 is 11.6 Å². The van der Waals surface area contributed by atoms with Crippen LogP contribution in [0.3, 0.4) is 0 Å². The SMILES string of the molecule is O=C(Nc1ccc(Cl)cc1C(F)(F)F)c1ccc(CNC(=O)C2CC2)cc1. The van der Waals surface area contributed by atoms with Crippen molar-refractivity contribution in [2.45, 2.75) is 25.6 Å². The Morgan fingerprint density at radius 2 is 1.74 bits per heavy atom. The lowest BCUT2D eigenvalue weighted by Crippen LogP contribution is -2.24. The van der Waals surface area contributed by atoms with E-state index in [0.717, 1.165) is 30.5 Å². The average Bonchev–Trinajstić information content (AvgIpc) is 3.46. The summed E-state index contributed by atoms with van der Waals surface area (Å²) in [5, 5.41) is 5.00. The zero-order chi connectivity index (χ0) is 19.6. The highest BCUT2D eigenvalue weighted by molar-refractivity contribution is 6.30. The highest BCUT2D eigenvalue weighted by atomic mass is 35.5. The topological polar surface area (TPSA) is 58.2 Å². The molecule has 1 fully saturated rings. The molecule has 142 valence electrons. The summed E-state index contributed by atoms with van der Waals surface area (Å²) in [6, 6.07) is 9.45. The Hall–Kier alpha value is -2.54. The van der Waals surface area contributed by atoms with Gasteiger partial charge in [0.15, 0.2) is 0 Å². The van der Waals surface area contributed by atoms with Gasteiger partial charge < -0.3 is 10.6 Å². The van der Waals surface area contributed by atoms with Gasteiger partial charge in [0, 0.05) is 23.0 Å². The highest BCUT2D eigenvalue weighted by Crippen LogP contribution is 2.36. The maximum atomic E-state index is 13.1. The van der Waals surface area contributed by atoms with Crippen molar-refractivity contribution in [2.24, 2.45) is 5.92 Å². The Morgan fingerprint density at radius 3 is 2.33 bits per heavy atom. The first kappa shape index (κ1) is 19.2. The second kappa shape index (κ2) is 7.60. The Balaban J connectivity index is 1.67. The van der Waals surface area contributed by atoms with Crippen molar-refractivity contribution in [3.05, 3.63) is 64.2 Å². The van der Waals surface area contributed by atoms with Gasteiger partial charge in [0.2, 0.25) is 5.91 Å². The molecular formula is C19H16ClF3N2O2. The first-order valence-corrected chi connectivity index (χ1v) is 8.66. The van der Waals surface area contributed by atoms with Crippen LogP contribution in [0.4, 0.5) is 18.9 Å². The number of anilines is 1. The lowest BCUT2D eigenvalue weighted by Gasteiger charge is -2.14. The summed E-state index contributed by atoms with van der Waals surface area (Å²) in [4.78, 5) is 23.9. The van der Waals surface area contributed by atoms with Gasteiger partial charge in [-0.05, 0) is 48.7 Å². The van der Waals surface area contributed by atoms with E-state index in [4.69, 9.17) is 11.6 Å². The van der Waals surface area contributed by atoms with Gasteiger partial charge in [-0.3, -0.25) is 9.59 Å². The van der Waals surface area contributed by atoms with Gasteiger partial charge >= 0.3 is 6.18 Å². The van der Waals surface area contributed by atoms with E-state index in [1.807, 2.05) is 0 Å². The molecule has 1 saturated carbocycles. The minimum absolute atomic E-state index is 0.0132. The van der Waals surface area contributed by atoms with Gasteiger partial charge in [0.05, 0.1) is 11.3 Å². The monoisotopic (exact) mass is 396 g/mol. The first-order valence-electron chi connectivity index (χ1n) is 8.29. The third-order valence-electron chi connectivity index (χ3n) is 4.17. The van der Waals surface area contributed by atoms with Crippen LogP contribution in [0.1, 0.15) is 34.3 Å². The molecule has 2 aromatic carbocycles. The second-order valence-corrected chi connectivity index (χ2v) is 6.77. The number of carbonyl (C=O) groups excluding carboxylic acids is 2. The van der Waals surface area contributed by atoms with E-state index in [2.05, 4.69) is 10.6 Å². The molecule has 0 unspecified atom stereocenters. The number of rotatable bonds is 5. The van der Waals surface area contributed by atoms with Gasteiger partial charge in [-0.2, -0.15) is 13.2 Å². The first-order chi connectivity index (χ1) is 12.7. The molecule has 8 heteroatoms. The minimum Gasteiger partial charge on any atom is -0.352 e. The smallest absolute Gasteiger partial charge is 0.352 e. The molecule has 1 aliphatic carbocycles. The molecule has 3 rings (SSSR count). The number of halogens is 4. The van der Waals surface area contributed by atoms with Crippen LogP contribution < -0.4 is 10.6 Å². The molecule has 2 N–H and O–H groups in total. The minimum atomic E-state index is -4.64. The zero-order valence-electron chi connectivity index (χ0n) is 14.1. The fourth-order valence-electron chi connectivity index (χ4n) is 2.51. The molecule has 2 aromatic rings. The Morgan fingerprint density at radius 1 is 1.07 bits per heavy atom. The van der Waals surface area contributed by atoms with Crippen molar-refractivity contribution in [1.29, 1.82) is 0 Å². The molecule has 2 amide bonds. The van der Waals surface area contributed by atoms with Gasteiger partial charge in [-0.1, -0.05) is 23.7 Å². The normalized spacial score (nSPS) is 13.9. The summed E-state index contributed by atoms with van der Waals surface area (Å²) in [6.07, 6.45) is -2.82. The van der Waals surface area contributed by atoms with Crippen LogP contribution in [-0.2, 0) is 17.5 Å². The summed E-state index contributed by atoms with van der Waals surface area (Å²) >= 11 is 5.63. The molecule has 27 heavy (non-hydrogen) atoms. The second-order valence-electron chi connectivity index (χ2n) is 6.33. The maximum absolute atomic E-state index is 13.1. The number of carbonyl (C=O) groups is 2. The average molecular weight is 397 g/mol.